The molecule has 2 amide bonds. The number of benzene rings is 3. The highest BCUT2D eigenvalue weighted by atomic mass is 79.9. The molecule has 4 rings (SSSR count). The molecule has 3 N–H and O–H groups in total. The smallest absolute Gasteiger partial charge is 0.408 e. The van der Waals surface area contributed by atoms with E-state index >= 15 is 0 Å². The number of hydrogen-bond acceptors (Lipinski definition) is 4. The van der Waals surface area contributed by atoms with E-state index in [0.29, 0.717) is 16.6 Å². The SMILES string of the molecule is CCC(C)(NC(=O)OCC1c2ccccc2-c2ccccc21)C(=O)Nc1cc(Br)cc(C(=O)O)c1. The van der Waals surface area contributed by atoms with Gasteiger partial charge in [-0.05, 0) is 53.8 Å². The molecule has 7 nitrogen and oxygen atoms in total. The molecule has 1 aliphatic carbocycles. The van der Waals surface area contributed by atoms with Crippen molar-refractivity contribution in [2.45, 2.75) is 31.7 Å². The van der Waals surface area contributed by atoms with E-state index in [1.165, 1.54) is 12.1 Å². The van der Waals surface area contributed by atoms with Crippen molar-refractivity contribution in [2.24, 2.45) is 0 Å². The lowest BCUT2D eigenvalue weighted by Crippen LogP contribution is -2.54. The maximum atomic E-state index is 13.0. The van der Waals surface area contributed by atoms with Crippen LogP contribution < -0.4 is 10.6 Å². The second kappa shape index (κ2) is 9.92. The Hall–Kier alpha value is -3.65. The van der Waals surface area contributed by atoms with Gasteiger partial charge in [-0.1, -0.05) is 71.4 Å². The summed E-state index contributed by atoms with van der Waals surface area (Å²) in [4.78, 5) is 37.1. The van der Waals surface area contributed by atoms with Crippen LogP contribution in [-0.2, 0) is 9.53 Å². The standard InChI is InChI=1S/C27H25BrN2O5/c1-3-27(2,25(33)29-18-13-16(24(31)32)12-17(28)14-18)30-26(34)35-15-23-21-10-6-4-8-19(21)20-9-5-7-11-22(20)23/h4-14,23H,3,15H2,1-2H3,(H,29,33)(H,30,34)(H,31,32). The van der Waals surface area contributed by atoms with Gasteiger partial charge in [0.05, 0.1) is 5.56 Å². The van der Waals surface area contributed by atoms with Crippen molar-refractivity contribution in [3.05, 3.63) is 87.9 Å². The molecule has 3 aromatic rings. The summed E-state index contributed by atoms with van der Waals surface area (Å²) < 4.78 is 6.10. The summed E-state index contributed by atoms with van der Waals surface area (Å²) in [5, 5.41) is 14.6. The zero-order valence-corrected chi connectivity index (χ0v) is 20.9. The topological polar surface area (TPSA) is 105 Å². The number of halogens is 1. The molecule has 0 aromatic heterocycles. The monoisotopic (exact) mass is 536 g/mol. The van der Waals surface area contributed by atoms with Crippen LogP contribution in [0.2, 0.25) is 0 Å². The van der Waals surface area contributed by atoms with Crippen molar-refractivity contribution < 1.29 is 24.2 Å². The molecule has 3 aromatic carbocycles. The fraction of sp³-hybridized carbons (Fsp3) is 0.222. The van der Waals surface area contributed by atoms with Gasteiger partial charge >= 0.3 is 12.1 Å². The van der Waals surface area contributed by atoms with Crippen LogP contribution in [0.15, 0.2) is 71.2 Å². The lowest BCUT2D eigenvalue weighted by molar-refractivity contribution is -0.121. The maximum Gasteiger partial charge on any atom is 0.408 e. The summed E-state index contributed by atoms with van der Waals surface area (Å²) in [6, 6.07) is 20.5. The predicted molar refractivity (Wildman–Crippen MR) is 137 cm³/mol. The Balaban J connectivity index is 1.44. The Kier molecular flexibility index (Phi) is 6.93. The van der Waals surface area contributed by atoms with Crippen molar-refractivity contribution in [3.63, 3.8) is 0 Å². The van der Waals surface area contributed by atoms with Gasteiger partial charge in [0.1, 0.15) is 12.1 Å². The van der Waals surface area contributed by atoms with Crippen molar-refractivity contribution in [3.8, 4) is 11.1 Å². The normalized spacial score (nSPS) is 13.8. The second-order valence-electron chi connectivity index (χ2n) is 8.62. The first-order valence-corrected chi connectivity index (χ1v) is 12.0. The molecule has 0 radical (unpaired) electrons. The van der Waals surface area contributed by atoms with Crippen LogP contribution in [0.4, 0.5) is 10.5 Å². The molecule has 8 heteroatoms. The van der Waals surface area contributed by atoms with Crippen molar-refractivity contribution in [1.29, 1.82) is 0 Å². The number of amides is 2. The van der Waals surface area contributed by atoms with Crippen LogP contribution in [0.1, 0.15) is 47.7 Å². The molecule has 1 atom stereocenters. The molecule has 0 saturated carbocycles. The molecular formula is C27H25BrN2O5. The Morgan fingerprint density at radius 1 is 1.00 bits per heavy atom. The van der Waals surface area contributed by atoms with Crippen molar-refractivity contribution in [2.75, 3.05) is 11.9 Å². The molecule has 180 valence electrons. The van der Waals surface area contributed by atoms with E-state index in [1.54, 1.807) is 19.9 Å². The number of hydrogen-bond donors (Lipinski definition) is 3. The Morgan fingerprint density at radius 3 is 2.17 bits per heavy atom. The lowest BCUT2D eigenvalue weighted by Gasteiger charge is -2.28. The minimum atomic E-state index is -1.27. The van der Waals surface area contributed by atoms with Gasteiger partial charge < -0.3 is 20.5 Å². The minimum absolute atomic E-state index is 0.0253. The second-order valence-corrected chi connectivity index (χ2v) is 9.54. The van der Waals surface area contributed by atoms with Gasteiger partial charge in [0.25, 0.3) is 0 Å². The summed E-state index contributed by atoms with van der Waals surface area (Å²) in [6.07, 6.45) is -0.408. The van der Waals surface area contributed by atoms with Crippen LogP contribution >= 0.6 is 15.9 Å². The van der Waals surface area contributed by atoms with Crippen molar-refractivity contribution in [1.82, 2.24) is 5.32 Å². The zero-order valence-electron chi connectivity index (χ0n) is 19.3. The summed E-state index contributed by atoms with van der Waals surface area (Å²) >= 11 is 3.25. The van der Waals surface area contributed by atoms with Gasteiger partial charge in [-0.25, -0.2) is 9.59 Å². The van der Waals surface area contributed by atoms with Gasteiger partial charge in [0, 0.05) is 16.1 Å². The Bertz CT molecular complexity index is 1260. The minimum Gasteiger partial charge on any atom is -0.478 e. The van der Waals surface area contributed by atoms with Crippen LogP contribution in [0, 0.1) is 0 Å². The van der Waals surface area contributed by atoms with Gasteiger partial charge in [0.2, 0.25) is 5.91 Å². The van der Waals surface area contributed by atoms with Gasteiger partial charge in [-0.2, -0.15) is 0 Å². The number of carbonyl (C=O) groups excluding carboxylic acids is 2. The number of anilines is 1. The number of alkyl carbamates (subject to hydrolysis) is 1. The van der Waals surface area contributed by atoms with Crippen LogP contribution in [0.3, 0.4) is 0 Å². The molecule has 0 aliphatic heterocycles. The Morgan fingerprint density at radius 2 is 1.60 bits per heavy atom. The average Bonchev–Trinajstić information content (AvgIpc) is 3.16. The first-order chi connectivity index (χ1) is 16.7. The molecule has 1 aliphatic rings. The van der Waals surface area contributed by atoms with E-state index in [9.17, 15) is 19.5 Å². The number of carboxylic acids is 1. The summed E-state index contributed by atoms with van der Waals surface area (Å²) in [7, 11) is 0. The number of carboxylic acid groups (broad SMARTS) is 1. The van der Waals surface area contributed by atoms with Gasteiger partial charge in [0.15, 0.2) is 0 Å². The third-order valence-electron chi connectivity index (χ3n) is 6.33. The predicted octanol–water partition coefficient (Wildman–Crippen LogP) is 5.79. The quantitative estimate of drug-likeness (QED) is 0.354. The molecule has 0 spiro atoms. The molecule has 35 heavy (non-hydrogen) atoms. The van der Waals surface area contributed by atoms with E-state index in [1.807, 2.05) is 36.4 Å². The molecule has 1 unspecified atom stereocenters. The van der Waals surface area contributed by atoms with Gasteiger partial charge in [-0.15, -0.1) is 0 Å². The van der Waals surface area contributed by atoms with E-state index in [2.05, 4.69) is 38.7 Å². The fourth-order valence-electron chi connectivity index (χ4n) is 4.22. The number of ether oxygens (including phenoxy) is 1. The van der Waals surface area contributed by atoms with Crippen LogP contribution in [0.25, 0.3) is 11.1 Å². The number of carbonyl (C=O) groups is 3. The highest BCUT2D eigenvalue weighted by Crippen LogP contribution is 2.44. The fourth-order valence-corrected chi connectivity index (χ4v) is 4.71. The molecule has 0 heterocycles. The first kappa shape index (κ1) is 24.5. The molecule has 0 saturated heterocycles. The van der Waals surface area contributed by atoms with E-state index in [4.69, 9.17) is 4.74 Å². The van der Waals surface area contributed by atoms with E-state index in [0.717, 1.165) is 22.3 Å². The largest absolute Gasteiger partial charge is 0.478 e. The number of fused-ring (bicyclic) bond motifs is 3. The first-order valence-electron chi connectivity index (χ1n) is 11.2. The third kappa shape index (κ3) is 5.07. The molecule has 0 bridgehead atoms. The van der Waals surface area contributed by atoms with Crippen LogP contribution in [0.5, 0.6) is 0 Å². The molecule has 0 fully saturated rings. The molecular weight excluding hydrogens is 512 g/mol. The maximum absolute atomic E-state index is 13.0. The average molecular weight is 537 g/mol. The number of aromatic carboxylic acids is 1. The Labute approximate surface area is 211 Å². The van der Waals surface area contributed by atoms with Crippen molar-refractivity contribution >= 4 is 39.6 Å². The summed E-state index contributed by atoms with van der Waals surface area (Å²) in [6.45, 7) is 3.50. The van der Waals surface area contributed by atoms with Gasteiger partial charge in [-0.3, -0.25) is 4.79 Å². The third-order valence-corrected chi connectivity index (χ3v) is 6.79. The van der Waals surface area contributed by atoms with Crippen LogP contribution in [-0.4, -0.2) is 35.2 Å². The highest BCUT2D eigenvalue weighted by Gasteiger charge is 2.35. The zero-order chi connectivity index (χ0) is 25.2. The number of nitrogens with one attached hydrogen (secondary N) is 2. The lowest BCUT2D eigenvalue weighted by atomic mass is 9.97. The number of rotatable bonds is 7. The highest BCUT2D eigenvalue weighted by molar-refractivity contribution is 9.10. The summed E-state index contributed by atoms with van der Waals surface area (Å²) in [5.41, 5.74) is 3.51. The van der Waals surface area contributed by atoms with E-state index < -0.39 is 23.5 Å². The summed E-state index contributed by atoms with van der Waals surface area (Å²) in [5.74, 6) is -1.69. The van der Waals surface area contributed by atoms with E-state index in [-0.39, 0.29) is 18.1 Å².